The van der Waals surface area contributed by atoms with Crippen molar-refractivity contribution in [3.8, 4) is 28.7 Å². The summed E-state index contributed by atoms with van der Waals surface area (Å²) in [7, 11) is 0. The predicted molar refractivity (Wildman–Crippen MR) is 122 cm³/mol. The Bertz CT molecular complexity index is 1280. The summed E-state index contributed by atoms with van der Waals surface area (Å²) in [6.07, 6.45) is -9.22. The number of fused-ring (bicyclic) bond motifs is 6. The van der Waals surface area contributed by atoms with Gasteiger partial charge in [-0.25, -0.2) is 0 Å². The molecule has 6 rings (SSSR count). The highest BCUT2D eigenvalue weighted by Gasteiger charge is 2.47. The summed E-state index contributed by atoms with van der Waals surface area (Å²) in [5.74, 6) is 0.136. The summed E-state index contributed by atoms with van der Waals surface area (Å²) in [5, 5.41) is 39.7. The van der Waals surface area contributed by atoms with Gasteiger partial charge < -0.3 is 53.7 Å². The Labute approximate surface area is 220 Å². The minimum atomic E-state index is -1.77. The molecule has 1 saturated heterocycles. The lowest BCUT2D eigenvalue weighted by atomic mass is 9.89. The first-order chi connectivity index (χ1) is 18.8. The molecule has 1 fully saturated rings. The van der Waals surface area contributed by atoms with E-state index >= 15 is 0 Å². The molecule has 0 amide bonds. The maximum atomic E-state index is 11.4. The van der Waals surface area contributed by atoms with Crippen LogP contribution in [0.15, 0.2) is 30.3 Å². The molecule has 0 radical (unpaired) electrons. The number of carboxylic acid groups (broad SMARTS) is 1. The van der Waals surface area contributed by atoms with Crippen LogP contribution >= 0.6 is 0 Å². The van der Waals surface area contributed by atoms with Crippen molar-refractivity contribution in [2.45, 2.75) is 49.1 Å². The third-order valence-corrected chi connectivity index (χ3v) is 6.85. The quantitative estimate of drug-likeness (QED) is 0.158. The molecule has 7 atom stereocenters. The van der Waals surface area contributed by atoms with E-state index in [2.05, 4.69) is 0 Å². The number of esters is 1. The first-order valence-electron chi connectivity index (χ1n) is 12.1. The number of rotatable bonds is 7. The average molecular weight is 548 g/mol. The van der Waals surface area contributed by atoms with Crippen LogP contribution in [0.1, 0.15) is 29.6 Å². The molecule has 4 aliphatic rings. The summed E-state index contributed by atoms with van der Waals surface area (Å²) in [5.41, 5.74) is 1.62. The fourth-order valence-electron chi connectivity index (χ4n) is 4.90. The zero-order valence-corrected chi connectivity index (χ0v) is 20.1. The van der Waals surface area contributed by atoms with Gasteiger partial charge in [0.1, 0.15) is 48.9 Å². The van der Waals surface area contributed by atoms with Crippen molar-refractivity contribution in [1.82, 2.24) is 0 Å². The Kier molecular flexibility index (Phi) is 6.56. The van der Waals surface area contributed by atoms with E-state index in [1.807, 2.05) is 6.07 Å². The number of carbonyl (C=O) groups is 2. The van der Waals surface area contributed by atoms with Crippen LogP contribution in [0.2, 0.25) is 0 Å². The van der Waals surface area contributed by atoms with E-state index in [-0.39, 0.29) is 24.6 Å². The molecule has 39 heavy (non-hydrogen) atoms. The van der Waals surface area contributed by atoms with E-state index in [1.165, 1.54) is 0 Å². The van der Waals surface area contributed by atoms with E-state index in [9.17, 15) is 24.9 Å². The van der Waals surface area contributed by atoms with Crippen LogP contribution in [0.3, 0.4) is 0 Å². The molecule has 0 saturated carbocycles. The van der Waals surface area contributed by atoms with Gasteiger partial charge in [0.05, 0.1) is 12.5 Å². The summed E-state index contributed by atoms with van der Waals surface area (Å²) in [6, 6.07) is 8.54. The van der Waals surface area contributed by atoms with Crippen LogP contribution in [0.5, 0.6) is 28.7 Å². The third kappa shape index (κ3) is 4.77. The highest BCUT2D eigenvalue weighted by atomic mass is 17.2. The van der Waals surface area contributed by atoms with Crippen molar-refractivity contribution in [3.05, 3.63) is 41.5 Å². The molecule has 2 aromatic carbocycles. The van der Waals surface area contributed by atoms with Gasteiger partial charge in [0.15, 0.2) is 29.6 Å². The molecular formula is C25H24O14. The van der Waals surface area contributed by atoms with Crippen molar-refractivity contribution >= 4 is 11.9 Å². The first kappa shape index (κ1) is 25.5. The number of ether oxygens (including phenoxy) is 6. The Hall–Kier alpha value is -3.82. The summed E-state index contributed by atoms with van der Waals surface area (Å²) in [4.78, 5) is 32.6. The van der Waals surface area contributed by atoms with Crippen LogP contribution in [0, 0.1) is 0 Å². The second-order valence-corrected chi connectivity index (χ2v) is 9.34. The Morgan fingerprint density at radius 1 is 0.923 bits per heavy atom. The number of hydrogen-bond donors (Lipinski definition) is 4. The standard InChI is InChI=1S/C25H24O14/c26-19(27)6-20(28)33-8-18-21(29)22(30)24(25(31)37-18)39-38-10-1-2-14-12(3-10)23-13(7-32-14)11-4-16-17(35-9-34-16)5-15(11)36-23/h1-5,13,18,21-25,29-31H,6-9H2,(H,26,27)/t13-,18-,21-,22+,23-,24-,25-/m1/s1. The van der Waals surface area contributed by atoms with Gasteiger partial charge in [-0.3, -0.25) is 9.59 Å². The molecule has 4 N–H and O–H groups in total. The predicted octanol–water partition coefficient (Wildman–Crippen LogP) is 0.161. The van der Waals surface area contributed by atoms with Crippen LogP contribution in [-0.2, 0) is 24.0 Å². The van der Waals surface area contributed by atoms with Crippen molar-refractivity contribution < 1.29 is 68.2 Å². The van der Waals surface area contributed by atoms with Crippen molar-refractivity contribution in [1.29, 1.82) is 0 Å². The third-order valence-electron chi connectivity index (χ3n) is 6.85. The second kappa shape index (κ2) is 10.1. The fraction of sp³-hybridized carbons (Fsp3) is 0.440. The summed E-state index contributed by atoms with van der Waals surface area (Å²) >= 11 is 0. The smallest absolute Gasteiger partial charge is 0.317 e. The van der Waals surface area contributed by atoms with E-state index < -0.39 is 55.7 Å². The maximum Gasteiger partial charge on any atom is 0.317 e. The Morgan fingerprint density at radius 3 is 2.51 bits per heavy atom. The largest absolute Gasteiger partial charge is 0.492 e. The molecule has 0 aromatic heterocycles. The minimum absolute atomic E-state index is 0.106. The van der Waals surface area contributed by atoms with E-state index in [0.717, 1.165) is 5.56 Å². The molecule has 208 valence electrons. The van der Waals surface area contributed by atoms with Gasteiger partial charge in [0.25, 0.3) is 0 Å². The van der Waals surface area contributed by atoms with E-state index in [4.69, 9.17) is 43.3 Å². The minimum Gasteiger partial charge on any atom is -0.492 e. The average Bonchev–Trinajstić information content (AvgIpc) is 3.51. The van der Waals surface area contributed by atoms with Crippen LogP contribution in [-0.4, -0.2) is 83.1 Å². The Morgan fingerprint density at radius 2 is 1.72 bits per heavy atom. The molecule has 0 aliphatic carbocycles. The molecule has 14 nitrogen and oxygen atoms in total. The number of aliphatic hydroxyl groups is 3. The molecule has 4 heterocycles. The maximum absolute atomic E-state index is 11.4. The molecule has 0 spiro atoms. The van der Waals surface area contributed by atoms with E-state index in [0.29, 0.717) is 35.2 Å². The van der Waals surface area contributed by atoms with Gasteiger partial charge >= 0.3 is 11.9 Å². The molecule has 0 unspecified atom stereocenters. The fourth-order valence-corrected chi connectivity index (χ4v) is 4.90. The normalized spacial score (nSPS) is 29.8. The second-order valence-electron chi connectivity index (χ2n) is 9.34. The molecule has 4 aliphatic heterocycles. The van der Waals surface area contributed by atoms with Gasteiger partial charge in [-0.1, -0.05) is 0 Å². The van der Waals surface area contributed by atoms with Crippen molar-refractivity contribution in [3.63, 3.8) is 0 Å². The molecule has 0 bridgehead atoms. The van der Waals surface area contributed by atoms with E-state index in [1.54, 1.807) is 24.3 Å². The van der Waals surface area contributed by atoms with Gasteiger partial charge in [-0.15, -0.1) is 0 Å². The summed E-state index contributed by atoms with van der Waals surface area (Å²) < 4.78 is 33.0. The number of benzene rings is 2. The number of carboxylic acids is 1. The number of aliphatic hydroxyl groups excluding tert-OH is 3. The first-order valence-corrected chi connectivity index (χ1v) is 12.1. The number of hydrogen-bond acceptors (Lipinski definition) is 13. The monoisotopic (exact) mass is 548 g/mol. The van der Waals surface area contributed by atoms with Gasteiger partial charge in [-0.05, 0) is 24.3 Å². The molecule has 2 aromatic rings. The molecule has 14 heteroatoms. The molecular weight excluding hydrogens is 524 g/mol. The van der Waals surface area contributed by atoms with Crippen LogP contribution in [0.25, 0.3) is 0 Å². The lowest BCUT2D eigenvalue weighted by Gasteiger charge is -2.39. The lowest BCUT2D eigenvalue weighted by Crippen LogP contribution is -2.59. The van der Waals surface area contributed by atoms with Gasteiger partial charge in [0.2, 0.25) is 6.79 Å². The number of carbonyl (C=O) groups excluding carboxylic acids is 1. The van der Waals surface area contributed by atoms with Gasteiger partial charge in [-0.2, -0.15) is 4.89 Å². The highest BCUT2D eigenvalue weighted by molar-refractivity contribution is 5.90. The SMILES string of the molecule is O=C(O)CC(=O)OC[C@H]1O[C@@H](O)[C@H](OOc2ccc3c(c2)[C@H]2Oc4cc5c(cc4[C@H]2CO3)OCO5)[C@@H](O)[C@@H]1O. The topological polar surface area (TPSA) is 189 Å². The Balaban J connectivity index is 1.10. The zero-order chi connectivity index (χ0) is 27.3. The van der Waals surface area contributed by atoms with Crippen molar-refractivity contribution in [2.75, 3.05) is 20.0 Å². The summed E-state index contributed by atoms with van der Waals surface area (Å²) in [6.45, 7) is -0.0465. The zero-order valence-electron chi connectivity index (χ0n) is 20.1. The highest BCUT2D eigenvalue weighted by Crippen LogP contribution is 2.54. The van der Waals surface area contributed by atoms with Crippen LogP contribution in [0.4, 0.5) is 0 Å². The van der Waals surface area contributed by atoms with Crippen molar-refractivity contribution in [2.24, 2.45) is 0 Å². The van der Waals surface area contributed by atoms with Gasteiger partial charge in [0, 0.05) is 17.2 Å². The van der Waals surface area contributed by atoms with Crippen LogP contribution < -0.4 is 23.8 Å². The number of aliphatic carboxylic acids is 1. The lowest BCUT2D eigenvalue weighted by molar-refractivity contribution is -0.365.